The molecule has 0 aliphatic heterocycles. The molecular weight excluding hydrogens is 348 g/mol. The van der Waals surface area contributed by atoms with Crippen LogP contribution in [0.1, 0.15) is 32.8 Å². The van der Waals surface area contributed by atoms with Gasteiger partial charge in [-0.05, 0) is 41.4 Å². The highest BCUT2D eigenvalue weighted by Crippen LogP contribution is 2.48. The highest BCUT2D eigenvalue weighted by Gasteiger charge is 2.51. The van der Waals surface area contributed by atoms with E-state index < -0.39 is 17.8 Å². The van der Waals surface area contributed by atoms with Gasteiger partial charge in [0.25, 0.3) is 0 Å². The molecule has 136 valence electrons. The Morgan fingerprint density at radius 2 is 1.88 bits per heavy atom. The number of carboxylic acid groups (broad SMARTS) is 1. The van der Waals surface area contributed by atoms with E-state index in [1.807, 2.05) is 18.2 Å². The van der Waals surface area contributed by atoms with Gasteiger partial charge in [-0.1, -0.05) is 50.3 Å². The fourth-order valence-electron chi connectivity index (χ4n) is 4.15. The smallest absolute Gasteiger partial charge is 0.307 e. The molecule has 1 amide bonds. The lowest BCUT2D eigenvalue weighted by atomic mass is 9.82. The van der Waals surface area contributed by atoms with Crippen LogP contribution in [0, 0.1) is 23.7 Å². The van der Waals surface area contributed by atoms with E-state index in [0.717, 1.165) is 16.6 Å². The van der Waals surface area contributed by atoms with E-state index in [1.54, 1.807) is 0 Å². The summed E-state index contributed by atoms with van der Waals surface area (Å²) >= 11 is 1.44. The number of nitrogens with zero attached hydrogens (tertiary/aromatic N) is 1. The average Bonchev–Trinajstić information content (AvgIpc) is 3.25. The highest BCUT2D eigenvalue weighted by atomic mass is 32.1. The van der Waals surface area contributed by atoms with Gasteiger partial charge in [0, 0.05) is 0 Å². The number of benzene rings is 1. The van der Waals surface area contributed by atoms with E-state index in [9.17, 15) is 14.7 Å². The van der Waals surface area contributed by atoms with E-state index in [0.29, 0.717) is 5.13 Å². The summed E-state index contributed by atoms with van der Waals surface area (Å²) in [6, 6.07) is 6.15. The molecule has 2 bridgehead atoms. The number of thiazole rings is 1. The van der Waals surface area contributed by atoms with Gasteiger partial charge in [0.2, 0.25) is 5.91 Å². The zero-order valence-corrected chi connectivity index (χ0v) is 15.8. The third-order valence-electron chi connectivity index (χ3n) is 5.53. The minimum Gasteiger partial charge on any atom is -0.481 e. The molecule has 1 saturated carbocycles. The number of carboxylic acids is 1. The van der Waals surface area contributed by atoms with Crippen molar-refractivity contribution in [3.63, 3.8) is 0 Å². The van der Waals surface area contributed by atoms with E-state index in [-0.39, 0.29) is 23.2 Å². The number of aromatic nitrogens is 1. The monoisotopic (exact) mass is 370 g/mol. The molecular formula is C20H22N2O3S. The molecule has 5 nitrogen and oxygen atoms in total. The van der Waals surface area contributed by atoms with Crippen LogP contribution in [0.15, 0.2) is 30.4 Å². The average molecular weight is 370 g/mol. The summed E-state index contributed by atoms with van der Waals surface area (Å²) in [6.45, 7) is 6.48. The standard InChI is InChI=1S/C20H22N2O3S/c1-20(2,3)12-6-7-13-14(9-12)26-19(21-13)22-17(23)15-10-4-5-11(8-10)16(15)18(24)25/h4-7,9-11,15-16H,8H2,1-3H3,(H,24,25)(H,21,22,23). The fourth-order valence-corrected chi connectivity index (χ4v) is 5.06. The van der Waals surface area contributed by atoms with Gasteiger partial charge in [-0.3, -0.25) is 9.59 Å². The Kier molecular flexibility index (Phi) is 3.91. The maximum Gasteiger partial charge on any atom is 0.307 e. The molecule has 0 radical (unpaired) electrons. The Bertz CT molecular complexity index is 925. The predicted molar refractivity (Wildman–Crippen MR) is 102 cm³/mol. The summed E-state index contributed by atoms with van der Waals surface area (Å²) < 4.78 is 1.02. The van der Waals surface area contributed by atoms with Gasteiger partial charge in [-0.25, -0.2) is 4.98 Å². The topological polar surface area (TPSA) is 79.3 Å². The van der Waals surface area contributed by atoms with Crippen molar-refractivity contribution in [3.05, 3.63) is 35.9 Å². The number of nitrogens with one attached hydrogen (secondary N) is 1. The molecule has 4 rings (SSSR count). The Labute approximate surface area is 156 Å². The molecule has 1 aromatic carbocycles. The molecule has 4 unspecified atom stereocenters. The van der Waals surface area contributed by atoms with Crippen LogP contribution in [-0.4, -0.2) is 22.0 Å². The lowest BCUT2D eigenvalue weighted by Gasteiger charge is -2.23. The highest BCUT2D eigenvalue weighted by molar-refractivity contribution is 7.22. The van der Waals surface area contributed by atoms with E-state index >= 15 is 0 Å². The summed E-state index contributed by atoms with van der Waals surface area (Å²) in [6.07, 6.45) is 4.69. The van der Waals surface area contributed by atoms with Crippen molar-refractivity contribution in [2.75, 3.05) is 5.32 Å². The Hall–Kier alpha value is -2.21. The van der Waals surface area contributed by atoms with Gasteiger partial charge in [-0.15, -0.1) is 0 Å². The number of fused-ring (bicyclic) bond motifs is 3. The quantitative estimate of drug-likeness (QED) is 0.799. The molecule has 2 aliphatic carbocycles. The van der Waals surface area contributed by atoms with Gasteiger partial charge >= 0.3 is 5.97 Å². The van der Waals surface area contributed by atoms with Crippen molar-refractivity contribution in [3.8, 4) is 0 Å². The summed E-state index contributed by atoms with van der Waals surface area (Å²) in [5, 5.41) is 12.9. The number of hydrogen-bond donors (Lipinski definition) is 2. The molecule has 26 heavy (non-hydrogen) atoms. The first-order chi connectivity index (χ1) is 12.2. The normalized spacial score (nSPS) is 27.2. The first kappa shape index (κ1) is 17.2. The Morgan fingerprint density at radius 1 is 1.19 bits per heavy atom. The summed E-state index contributed by atoms with van der Waals surface area (Å²) in [4.78, 5) is 28.9. The number of aliphatic carboxylic acids is 1. The number of allylic oxidation sites excluding steroid dienone is 2. The minimum absolute atomic E-state index is 0.0166. The molecule has 1 heterocycles. The van der Waals surface area contributed by atoms with Gasteiger partial charge in [0.1, 0.15) is 0 Å². The van der Waals surface area contributed by atoms with Crippen LogP contribution < -0.4 is 5.32 Å². The number of amides is 1. The molecule has 0 saturated heterocycles. The largest absolute Gasteiger partial charge is 0.481 e. The summed E-state index contributed by atoms with van der Waals surface area (Å²) in [5.41, 5.74) is 2.11. The van der Waals surface area contributed by atoms with E-state index in [4.69, 9.17) is 0 Å². The fraction of sp³-hybridized carbons (Fsp3) is 0.450. The molecule has 2 aromatic rings. The van der Waals surface area contributed by atoms with Crippen LogP contribution in [0.3, 0.4) is 0 Å². The van der Waals surface area contributed by atoms with Crippen LogP contribution in [0.2, 0.25) is 0 Å². The van der Waals surface area contributed by atoms with Crippen LogP contribution >= 0.6 is 11.3 Å². The van der Waals surface area contributed by atoms with Crippen molar-refractivity contribution < 1.29 is 14.7 Å². The second-order valence-electron chi connectivity index (χ2n) is 8.28. The molecule has 4 atom stereocenters. The van der Waals surface area contributed by atoms with Crippen LogP contribution in [0.25, 0.3) is 10.2 Å². The van der Waals surface area contributed by atoms with Gasteiger partial charge in [-0.2, -0.15) is 0 Å². The molecule has 2 aliphatic rings. The van der Waals surface area contributed by atoms with Crippen molar-refractivity contribution in [1.82, 2.24) is 4.98 Å². The summed E-state index contributed by atoms with van der Waals surface area (Å²) in [7, 11) is 0. The molecule has 1 aromatic heterocycles. The SMILES string of the molecule is CC(C)(C)c1ccc2nc(NC(=O)C3C4C=CC(C4)C3C(=O)O)sc2c1. The van der Waals surface area contributed by atoms with Crippen molar-refractivity contribution in [2.24, 2.45) is 23.7 Å². The molecule has 6 heteroatoms. The third-order valence-corrected chi connectivity index (χ3v) is 6.47. The number of anilines is 1. The van der Waals surface area contributed by atoms with Gasteiger partial charge in [0.05, 0.1) is 22.1 Å². The van der Waals surface area contributed by atoms with Crippen LogP contribution in [0.4, 0.5) is 5.13 Å². The lowest BCUT2D eigenvalue weighted by molar-refractivity contribution is -0.146. The number of rotatable bonds is 3. The Balaban J connectivity index is 1.58. The maximum atomic E-state index is 12.8. The van der Waals surface area contributed by atoms with Crippen LogP contribution in [-0.2, 0) is 15.0 Å². The van der Waals surface area contributed by atoms with Crippen molar-refractivity contribution in [2.45, 2.75) is 32.6 Å². The van der Waals surface area contributed by atoms with Crippen LogP contribution in [0.5, 0.6) is 0 Å². The minimum atomic E-state index is -0.888. The van der Waals surface area contributed by atoms with E-state index in [2.05, 4.69) is 43.2 Å². The second kappa shape index (κ2) is 5.91. The number of carbonyl (C=O) groups excluding carboxylic acids is 1. The third kappa shape index (κ3) is 2.82. The van der Waals surface area contributed by atoms with Crippen molar-refractivity contribution >= 4 is 38.6 Å². The summed E-state index contributed by atoms with van der Waals surface area (Å²) in [5.74, 6) is -2.28. The van der Waals surface area contributed by atoms with Gasteiger partial charge in [0.15, 0.2) is 5.13 Å². The molecule has 1 fully saturated rings. The zero-order valence-electron chi connectivity index (χ0n) is 15.0. The number of carbonyl (C=O) groups is 2. The Morgan fingerprint density at radius 3 is 2.54 bits per heavy atom. The molecule has 0 spiro atoms. The maximum absolute atomic E-state index is 12.8. The first-order valence-electron chi connectivity index (χ1n) is 8.87. The first-order valence-corrected chi connectivity index (χ1v) is 9.69. The predicted octanol–water partition coefficient (Wildman–Crippen LogP) is 4.06. The van der Waals surface area contributed by atoms with Gasteiger partial charge < -0.3 is 10.4 Å². The van der Waals surface area contributed by atoms with E-state index in [1.165, 1.54) is 16.9 Å². The number of hydrogen-bond acceptors (Lipinski definition) is 4. The zero-order chi connectivity index (χ0) is 18.6. The molecule has 2 N–H and O–H groups in total. The second-order valence-corrected chi connectivity index (χ2v) is 9.31. The lowest BCUT2D eigenvalue weighted by Crippen LogP contribution is -2.36. The van der Waals surface area contributed by atoms with Crippen molar-refractivity contribution in [1.29, 1.82) is 0 Å².